The summed E-state index contributed by atoms with van der Waals surface area (Å²) in [4.78, 5) is 12.3. The molecular weight excluding hydrogens is 322 g/mol. The van der Waals surface area contributed by atoms with Gasteiger partial charge in [-0.1, -0.05) is 42.5 Å². The Kier molecular flexibility index (Phi) is 6.70. The minimum atomic E-state index is 0.169. The van der Waals surface area contributed by atoms with Crippen molar-refractivity contribution in [1.82, 2.24) is 5.32 Å². The van der Waals surface area contributed by atoms with Crippen molar-refractivity contribution in [3.63, 3.8) is 0 Å². The third kappa shape index (κ3) is 5.35. The van der Waals surface area contributed by atoms with Crippen LogP contribution in [0.1, 0.15) is 56.1 Å². The molecule has 3 heteroatoms. The van der Waals surface area contributed by atoms with Gasteiger partial charge in [0.25, 0.3) is 0 Å². The van der Waals surface area contributed by atoms with Crippen molar-refractivity contribution >= 4 is 5.91 Å². The highest BCUT2D eigenvalue weighted by Crippen LogP contribution is 2.32. The zero-order chi connectivity index (χ0) is 18.2. The molecule has 0 unspecified atom stereocenters. The summed E-state index contributed by atoms with van der Waals surface area (Å²) in [7, 11) is 0. The Bertz CT molecular complexity index is 673. The normalized spacial score (nSPS) is 19.7. The fraction of sp³-hybridized carbons (Fsp3) is 0.435. The van der Waals surface area contributed by atoms with Crippen LogP contribution in [0, 0.1) is 0 Å². The lowest BCUT2D eigenvalue weighted by molar-refractivity contribution is -0.122. The molecule has 0 spiro atoms. The Morgan fingerprint density at radius 1 is 1.00 bits per heavy atom. The number of hydrogen-bond acceptors (Lipinski definition) is 2. The van der Waals surface area contributed by atoms with Gasteiger partial charge in [-0.05, 0) is 68.2 Å². The second kappa shape index (κ2) is 9.42. The number of carbonyl (C=O) groups excluding carboxylic acids is 1. The SMILES string of the molecule is CCOc1ccc(CCC(=O)NC2CCC(c3ccccc3)CC2)cc1. The first-order valence-corrected chi connectivity index (χ1v) is 9.80. The van der Waals surface area contributed by atoms with Gasteiger partial charge in [0, 0.05) is 12.5 Å². The van der Waals surface area contributed by atoms with Crippen molar-refractivity contribution in [1.29, 1.82) is 0 Å². The zero-order valence-electron chi connectivity index (χ0n) is 15.6. The maximum atomic E-state index is 12.3. The molecule has 0 saturated heterocycles. The van der Waals surface area contributed by atoms with E-state index in [0.29, 0.717) is 25.0 Å². The molecular formula is C23H29NO2. The van der Waals surface area contributed by atoms with Crippen LogP contribution in [0.3, 0.4) is 0 Å². The first-order valence-electron chi connectivity index (χ1n) is 9.80. The van der Waals surface area contributed by atoms with Gasteiger partial charge in [0.15, 0.2) is 0 Å². The summed E-state index contributed by atoms with van der Waals surface area (Å²) in [5.41, 5.74) is 2.61. The Labute approximate surface area is 156 Å². The first-order chi connectivity index (χ1) is 12.7. The predicted molar refractivity (Wildman–Crippen MR) is 106 cm³/mol. The number of benzene rings is 2. The van der Waals surface area contributed by atoms with Gasteiger partial charge >= 0.3 is 0 Å². The van der Waals surface area contributed by atoms with E-state index in [4.69, 9.17) is 4.74 Å². The molecule has 1 aliphatic rings. The minimum Gasteiger partial charge on any atom is -0.494 e. The average molecular weight is 351 g/mol. The summed E-state index contributed by atoms with van der Waals surface area (Å²) >= 11 is 0. The van der Waals surface area contributed by atoms with Crippen molar-refractivity contribution in [3.05, 3.63) is 65.7 Å². The second-order valence-electron chi connectivity index (χ2n) is 7.10. The maximum absolute atomic E-state index is 12.3. The number of hydrogen-bond donors (Lipinski definition) is 1. The quantitative estimate of drug-likeness (QED) is 0.773. The van der Waals surface area contributed by atoms with Crippen LogP contribution in [0.5, 0.6) is 5.75 Å². The van der Waals surface area contributed by atoms with Gasteiger partial charge in [0.05, 0.1) is 6.61 Å². The lowest BCUT2D eigenvalue weighted by Gasteiger charge is -2.29. The molecule has 2 aromatic rings. The first kappa shape index (κ1) is 18.5. The largest absolute Gasteiger partial charge is 0.494 e. The van der Waals surface area contributed by atoms with Crippen LogP contribution in [0.15, 0.2) is 54.6 Å². The summed E-state index contributed by atoms with van der Waals surface area (Å²) < 4.78 is 5.45. The molecule has 1 fully saturated rings. The van der Waals surface area contributed by atoms with Crippen molar-refractivity contribution < 1.29 is 9.53 Å². The van der Waals surface area contributed by atoms with E-state index < -0.39 is 0 Å². The van der Waals surface area contributed by atoms with Crippen molar-refractivity contribution in [2.45, 2.75) is 57.4 Å². The molecule has 0 bridgehead atoms. The van der Waals surface area contributed by atoms with Crippen LogP contribution in [0.2, 0.25) is 0 Å². The molecule has 1 aliphatic carbocycles. The fourth-order valence-electron chi connectivity index (χ4n) is 3.77. The standard InChI is InChI=1S/C23H29NO2/c1-2-26-22-15-8-18(9-16-22)10-17-23(25)24-21-13-11-20(12-14-21)19-6-4-3-5-7-19/h3-9,15-16,20-21H,2,10-14,17H2,1H3,(H,24,25). The Morgan fingerprint density at radius 3 is 2.35 bits per heavy atom. The van der Waals surface area contributed by atoms with E-state index in [9.17, 15) is 4.79 Å². The molecule has 0 heterocycles. The van der Waals surface area contributed by atoms with Gasteiger partial charge < -0.3 is 10.1 Å². The molecule has 1 N–H and O–H groups in total. The van der Waals surface area contributed by atoms with Crippen LogP contribution in [-0.4, -0.2) is 18.6 Å². The maximum Gasteiger partial charge on any atom is 0.220 e. The number of ether oxygens (including phenoxy) is 1. The molecule has 2 aromatic carbocycles. The molecule has 0 radical (unpaired) electrons. The van der Waals surface area contributed by atoms with E-state index >= 15 is 0 Å². The Balaban J connectivity index is 1.39. The molecule has 0 atom stereocenters. The minimum absolute atomic E-state index is 0.169. The molecule has 138 valence electrons. The van der Waals surface area contributed by atoms with E-state index in [-0.39, 0.29) is 5.91 Å². The van der Waals surface area contributed by atoms with Gasteiger partial charge in [-0.25, -0.2) is 0 Å². The average Bonchev–Trinajstić information content (AvgIpc) is 2.69. The summed E-state index contributed by atoms with van der Waals surface area (Å²) in [5, 5.41) is 3.23. The Morgan fingerprint density at radius 2 is 1.69 bits per heavy atom. The van der Waals surface area contributed by atoms with Crippen molar-refractivity contribution in [2.24, 2.45) is 0 Å². The highest BCUT2D eigenvalue weighted by molar-refractivity contribution is 5.76. The fourth-order valence-corrected chi connectivity index (χ4v) is 3.77. The molecule has 3 rings (SSSR count). The van der Waals surface area contributed by atoms with E-state index in [1.165, 1.54) is 11.1 Å². The van der Waals surface area contributed by atoms with Crippen LogP contribution in [-0.2, 0) is 11.2 Å². The highest BCUT2D eigenvalue weighted by atomic mass is 16.5. The predicted octanol–water partition coefficient (Wildman–Crippen LogP) is 4.86. The van der Waals surface area contributed by atoms with Crippen LogP contribution >= 0.6 is 0 Å². The van der Waals surface area contributed by atoms with Gasteiger partial charge in [-0.3, -0.25) is 4.79 Å². The van der Waals surface area contributed by atoms with Crippen LogP contribution in [0.4, 0.5) is 0 Å². The van der Waals surface area contributed by atoms with Gasteiger partial charge in [0.2, 0.25) is 5.91 Å². The van der Waals surface area contributed by atoms with E-state index in [1.54, 1.807) is 0 Å². The molecule has 3 nitrogen and oxygen atoms in total. The number of nitrogens with one attached hydrogen (secondary N) is 1. The molecule has 26 heavy (non-hydrogen) atoms. The third-order valence-electron chi connectivity index (χ3n) is 5.24. The molecule has 1 saturated carbocycles. The number of amides is 1. The van der Waals surface area contributed by atoms with E-state index in [1.807, 2.05) is 31.2 Å². The summed E-state index contributed by atoms with van der Waals surface area (Å²) in [6.07, 6.45) is 5.80. The highest BCUT2D eigenvalue weighted by Gasteiger charge is 2.23. The summed E-state index contributed by atoms with van der Waals surface area (Å²) in [5.74, 6) is 1.70. The number of rotatable bonds is 7. The zero-order valence-corrected chi connectivity index (χ0v) is 15.6. The van der Waals surface area contributed by atoms with Crippen molar-refractivity contribution in [2.75, 3.05) is 6.61 Å². The van der Waals surface area contributed by atoms with Gasteiger partial charge in [-0.15, -0.1) is 0 Å². The smallest absolute Gasteiger partial charge is 0.220 e. The van der Waals surface area contributed by atoms with Gasteiger partial charge in [0.1, 0.15) is 5.75 Å². The second-order valence-corrected chi connectivity index (χ2v) is 7.10. The number of aryl methyl sites for hydroxylation is 1. The summed E-state index contributed by atoms with van der Waals surface area (Å²) in [6.45, 7) is 2.65. The summed E-state index contributed by atoms with van der Waals surface area (Å²) in [6, 6.07) is 19.1. The van der Waals surface area contributed by atoms with Crippen LogP contribution < -0.4 is 10.1 Å². The molecule has 1 amide bonds. The lowest BCUT2D eigenvalue weighted by atomic mass is 9.82. The van der Waals surface area contributed by atoms with Crippen molar-refractivity contribution in [3.8, 4) is 5.75 Å². The molecule has 0 aliphatic heterocycles. The lowest BCUT2D eigenvalue weighted by Crippen LogP contribution is -2.37. The molecule has 0 aromatic heterocycles. The third-order valence-corrected chi connectivity index (χ3v) is 5.24. The van der Waals surface area contributed by atoms with E-state index in [2.05, 4.69) is 35.6 Å². The van der Waals surface area contributed by atoms with Gasteiger partial charge in [-0.2, -0.15) is 0 Å². The number of carbonyl (C=O) groups is 1. The van der Waals surface area contributed by atoms with Crippen LogP contribution in [0.25, 0.3) is 0 Å². The topological polar surface area (TPSA) is 38.3 Å². The Hall–Kier alpha value is -2.29. The monoisotopic (exact) mass is 351 g/mol. The van der Waals surface area contributed by atoms with E-state index in [0.717, 1.165) is 37.9 Å².